The van der Waals surface area contributed by atoms with Crippen LogP contribution in [0.1, 0.15) is 25.4 Å². The van der Waals surface area contributed by atoms with E-state index in [2.05, 4.69) is 65.2 Å². The van der Waals surface area contributed by atoms with E-state index in [1.165, 1.54) is 0 Å². The molecule has 3 aromatic heterocycles. The minimum atomic E-state index is 0. The molecule has 10 heteroatoms. The highest BCUT2D eigenvalue weighted by atomic mass is 127. The van der Waals surface area contributed by atoms with Gasteiger partial charge in [0.05, 0.1) is 12.2 Å². The molecule has 3 heterocycles. The molecule has 27 heavy (non-hydrogen) atoms. The molecule has 0 spiro atoms. The lowest BCUT2D eigenvalue weighted by Gasteiger charge is -2.11. The fraction of sp³-hybridized carbons (Fsp3) is 0.412. The molecule has 0 aliphatic carbocycles. The first-order chi connectivity index (χ1) is 12.7. The van der Waals surface area contributed by atoms with Crippen molar-refractivity contribution in [2.24, 2.45) is 4.99 Å². The van der Waals surface area contributed by atoms with Crippen molar-refractivity contribution in [3.8, 4) is 0 Å². The Morgan fingerprint density at radius 3 is 2.85 bits per heavy atom. The molecule has 0 fully saturated rings. The summed E-state index contributed by atoms with van der Waals surface area (Å²) in [5.41, 5.74) is 1.84. The summed E-state index contributed by atoms with van der Waals surface area (Å²) in [4.78, 5) is 9.22. The van der Waals surface area contributed by atoms with E-state index in [0.717, 1.165) is 53.7 Å². The van der Waals surface area contributed by atoms with E-state index in [4.69, 9.17) is 0 Å². The molecule has 8 nitrogen and oxygen atoms in total. The Labute approximate surface area is 184 Å². The highest BCUT2D eigenvalue weighted by molar-refractivity contribution is 14.0. The van der Waals surface area contributed by atoms with Crippen molar-refractivity contribution >= 4 is 51.5 Å². The van der Waals surface area contributed by atoms with Crippen molar-refractivity contribution < 1.29 is 0 Å². The third-order valence-electron chi connectivity index (χ3n) is 3.87. The van der Waals surface area contributed by atoms with E-state index >= 15 is 0 Å². The van der Waals surface area contributed by atoms with Crippen LogP contribution in [0.5, 0.6) is 0 Å². The second kappa shape index (κ2) is 10.6. The van der Waals surface area contributed by atoms with Gasteiger partial charge in [0.15, 0.2) is 5.96 Å². The van der Waals surface area contributed by atoms with Crippen LogP contribution in [0.25, 0.3) is 5.65 Å². The van der Waals surface area contributed by atoms with E-state index in [1.807, 2.05) is 28.9 Å². The molecule has 0 atom stereocenters. The molecule has 0 saturated carbocycles. The first-order valence-electron chi connectivity index (χ1n) is 8.71. The van der Waals surface area contributed by atoms with Gasteiger partial charge in [-0.15, -0.1) is 34.2 Å². The highest BCUT2D eigenvalue weighted by Crippen LogP contribution is 2.12. The van der Waals surface area contributed by atoms with Crippen LogP contribution in [0.15, 0.2) is 40.3 Å². The van der Waals surface area contributed by atoms with Crippen LogP contribution in [-0.4, -0.2) is 43.2 Å². The number of guanidine groups is 1. The van der Waals surface area contributed by atoms with Crippen LogP contribution in [0.2, 0.25) is 0 Å². The standard InChI is InChI=1S/C17H23BrN8.HI/c1-3-15-24-22-12-25(15)8-7-20-17(19-4-2)21-9-14-11-26-10-13(18)5-6-16(26)23-14;/h5-6,10-12H,3-4,7-9H2,1-2H3,(H2,19,20,21);1H. The van der Waals surface area contributed by atoms with Crippen LogP contribution in [-0.2, 0) is 19.5 Å². The van der Waals surface area contributed by atoms with E-state index in [9.17, 15) is 0 Å². The van der Waals surface area contributed by atoms with Crippen LogP contribution >= 0.6 is 39.9 Å². The number of fused-ring (bicyclic) bond motifs is 1. The number of aliphatic imine (C=N–C) groups is 1. The molecule has 0 aliphatic heterocycles. The second-order valence-corrected chi connectivity index (χ2v) is 6.68. The lowest BCUT2D eigenvalue weighted by molar-refractivity contribution is 0.632. The van der Waals surface area contributed by atoms with Crippen molar-refractivity contribution in [1.82, 2.24) is 34.8 Å². The first-order valence-corrected chi connectivity index (χ1v) is 9.51. The van der Waals surface area contributed by atoms with E-state index < -0.39 is 0 Å². The topological polar surface area (TPSA) is 84.4 Å². The molecule has 0 amide bonds. The van der Waals surface area contributed by atoms with Crippen molar-refractivity contribution in [3.05, 3.63) is 46.8 Å². The number of aryl methyl sites for hydroxylation is 1. The molecular weight excluding hydrogens is 523 g/mol. The monoisotopic (exact) mass is 546 g/mol. The van der Waals surface area contributed by atoms with Gasteiger partial charge in [0.25, 0.3) is 0 Å². The smallest absolute Gasteiger partial charge is 0.191 e. The van der Waals surface area contributed by atoms with Gasteiger partial charge in [-0.1, -0.05) is 6.92 Å². The lowest BCUT2D eigenvalue weighted by Crippen LogP contribution is -2.38. The van der Waals surface area contributed by atoms with Crippen LogP contribution in [0, 0.1) is 0 Å². The van der Waals surface area contributed by atoms with Crippen LogP contribution in [0.4, 0.5) is 0 Å². The van der Waals surface area contributed by atoms with E-state index in [1.54, 1.807) is 6.33 Å². The zero-order valence-electron chi connectivity index (χ0n) is 15.4. The summed E-state index contributed by atoms with van der Waals surface area (Å²) in [7, 11) is 0. The summed E-state index contributed by atoms with van der Waals surface area (Å²) in [5.74, 6) is 1.77. The molecule has 0 radical (unpaired) electrons. The Morgan fingerprint density at radius 1 is 1.22 bits per heavy atom. The van der Waals surface area contributed by atoms with Crippen molar-refractivity contribution in [2.75, 3.05) is 13.1 Å². The predicted molar refractivity (Wildman–Crippen MR) is 121 cm³/mol. The minimum absolute atomic E-state index is 0. The summed E-state index contributed by atoms with van der Waals surface area (Å²) < 4.78 is 5.07. The van der Waals surface area contributed by atoms with Gasteiger partial charge in [-0.2, -0.15) is 0 Å². The molecule has 146 valence electrons. The zero-order valence-corrected chi connectivity index (χ0v) is 19.3. The molecule has 3 aromatic rings. The van der Waals surface area contributed by atoms with Crippen molar-refractivity contribution in [2.45, 2.75) is 33.4 Å². The molecule has 0 bridgehead atoms. The van der Waals surface area contributed by atoms with Gasteiger partial charge in [-0.25, -0.2) is 9.98 Å². The van der Waals surface area contributed by atoms with Crippen LogP contribution < -0.4 is 10.6 Å². The fourth-order valence-corrected chi connectivity index (χ4v) is 2.98. The summed E-state index contributed by atoms with van der Waals surface area (Å²) in [6, 6.07) is 3.96. The average Bonchev–Trinajstić information content (AvgIpc) is 3.25. The van der Waals surface area contributed by atoms with Gasteiger partial charge < -0.3 is 19.6 Å². The molecule has 0 unspecified atom stereocenters. The summed E-state index contributed by atoms with van der Waals surface area (Å²) in [5, 5.41) is 14.7. The number of nitrogens with zero attached hydrogens (tertiary/aromatic N) is 6. The Kier molecular flexibility index (Phi) is 8.48. The van der Waals surface area contributed by atoms with Gasteiger partial charge in [-0.3, -0.25) is 0 Å². The van der Waals surface area contributed by atoms with E-state index in [-0.39, 0.29) is 24.0 Å². The number of hydrogen-bond donors (Lipinski definition) is 2. The van der Waals surface area contributed by atoms with Gasteiger partial charge in [0, 0.05) is 42.9 Å². The van der Waals surface area contributed by atoms with Gasteiger partial charge in [0.2, 0.25) is 0 Å². The van der Waals surface area contributed by atoms with Gasteiger partial charge in [-0.05, 0) is 35.0 Å². The Morgan fingerprint density at radius 2 is 2.07 bits per heavy atom. The van der Waals surface area contributed by atoms with Crippen molar-refractivity contribution in [3.63, 3.8) is 0 Å². The third-order valence-corrected chi connectivity index (χ3v) is 4.33. The van der Waals surface area contributed by atoms with Gasteiger partial charge in [0.1, 0.15) is 17.8 Å². The Hall–Kier alpha value is -1.69. The molecule has 2 N–H and O–H groups in total. The SMILES string of the molecule is CCNC(=NCc1cn2cc(Br)ccc2n1)NCCn1cnnc1CC.I. The van der Waals surface area contributed by atoms with Crippen molar-refractivity contribution in [1.29, 1.82) is 0 Å². The summed E-state index contributed by atoms with van der Waals surface area (Å²) >= 11 is 3.47. The number of halogens is 2. The number of pyridine rings is 1. The number of imidazole rings is 1. The maximum Gasteiger partial charge on any atom is 0.191 e. The third kappa shape index (κ3) is 5.89. The number of nitrogens with one attached hydrogen (secondary N) is 2. The predicted octanol–water partition coefficient (Wildman–Crippen LogP) is 2.62. The maximum atomic E-state index is 4.63. The molecule has 0 aromatic carbocycles. The Balaban J connectivity index is 0.00000261. The normalized spacial score (nSPS) is 11.4. The first kappa shape index (κ1) is 21.6. The molecule has 3 rings (SSSR count). The summed E-state index contributed by atoms with van der Waals surface area (Å²) in [6.07, 6.45) is 6.62. The highest BCUT2D eigenvalue weighted by Gasteiger charge is 2.04. The molecular formula is C17H24BrIN8. The molecule has 0 aliphatic rings. The second-order valence-electron chi connectivity index (χ2n) is 5.76. The zero-order chi connectivity index (χ0) is 18.4. The number of hydrogen-bond acceptors (Lipinski definition) is 4. The van der Waals surface area contributed by atoms with Gasteiger partial charge >= 0.3 is 0 Å². The van der Waals surface area contributed by atoms with Crippen LogP contribution in [0.3, 0.4) is 0 Å². The largest absolute Gasteiger partial charge is 0.357 e. The maximum absolute atomic E-state index is 4.63. The lowest BCUT2D eigenvalue weighted by atomic mass is 10.4. The average molecular weight is 547 g/mol. The van der Waals surface area contributed by atoms with E-state index in [0.29, 0.717) is 6.54 Å². The fourth-order valence-electron chi connectivity index (χ4n) is 2.63. The Bertz CT molecular complexity index is 888. The summed E-state index contributed by atoms with van der Waals surface area (Å²) in [6.45, 7) is 6.98. The number of aromatic nitrogens is 5. The quantitative estimate of drug-likeness (QED) is 0.270. The number of rotatable bonds is 7. The molecule has 0 saturated heterocycles. The minimum Gasteiger partial charge on any atom is -0.357 e.